The summed E-state index contributed by atoms with van der Waals surface area (Å²) in [6.45, 7) is 7.04. The van der Waals surface area contributed by atoms with E-state index in [-0.39, 0.29) is 6.42 Å². The molecule has 0 spiro atoms. The molecule has 1 amide bonds. The SMILES string of the molecule is COC(=O)[C@@H](Cc1ccc(C#N)c(C)c1)NC(=O)OC(C)(C)C. The smallest absolute Gasteiger partial charge is 0.408 e. The van der Waals surface area contributed by atoms with Gasteiger partial charge in [-0.05, 0) is 44.9 Å². The van der Waals surface area contributed by atoms with Crippen LogP contribution in [0.1, 0.15) is 37.5 Å². The second-order valence-corrected chi connectivity index (χ2v) is 6.19. The minimum absolute atomic E-state index is 0.248. The van der Waals surface area contributed by atoms with Crippen LogP contribution in [0.25, 0.3) is 0 Å². The van der Waals surface area contributed by atoms with Gasteiger partial charge in [0.05, 0.1) is 18.7 Å². The molecular formula is C17H22N2O4. The minimum Gasteiger partial charge on any atom is -0.467 e. The van der Waals surface area contributed by atoms with E-state index in [0.717, 1.165) is 11.1 Å². The van der Waals surface area contributed by atoms with E-state index < -0.39 is 23.7 Å². The normalized spacial score (nSPS) is 12.0. The third-order valence-electron chi connectivity index (χ3n) is 3.03. The lowest BCUT2D eigenvalue weighted by Gasteiger charge is -2.22. The largest absolute Gasteiger partial charge is 0.467 e. The maximum Gasteiger partial charge on any atom is 0.408 e. The molecule has 0 bridgehead atoms. The number of carbonyl (C=O) groups excluding carboxylic acids is 2. The molecule has 0 aliphatic heterocycles. The summed E-state index contributed by atoms with van der Waals surface area (Å²) in [5.74, 6) is -0.558. The Morgan fingerprint density at radius 3 is 2.48 bits per heavy atom. The Morgan fingerprint density at radius 2 is 2.00 bits per heavy atom. The number of amides is 1. The number of nitrogens with zero attached hydrogens (tertiary/aromatic N) is 1. The number of nitrogens with one attached hydrogen (secondary N) is 1. The van der Waals surface area contributed by atoms with Gasteiger partial charge >= 0.3 is 12.1 Å². The molecule has 0 unspecified atom stereocenters. The van der Waals surface area contributed by atoms with Crippen LogP contribution in [-0.4, -0.2) is 30.8 Å². The van der Waals surface area contributed by atoms with E-state index in [1.54, 1.807) is 32.9 Å². The molecule has 1 atom stereocenters. The fourth-order valence-corrected chi connectivity index (χ4v) is 2.00. The van der Waals surface area contributed by atoms with Crippen LogP contribution in [0.4, 0.5) is 4.79 Å². The predicted molar refractivity (Wildman–Crippen MR) is 84.8 cm³/mol. The number of alkyl carbamates (subject to hydrolysis) is 1. The van der Waals surface area contributed by atoms with Crippen LogP contribution in [-0.2, 0) is 20.7 Å². The van der Waals surface area contributed by atoms with Gasteiger partial charge in [-0.15, -0.1) is 0 Å². The van der Waals surface area contributed by atoms with Crippen molar-refractivity contribution in [2.24, 2.45) is 0 Å². The zero-order valence-electron chi connectivity index (χ0n) is 14.1. The lowest BCUT2D eigenvalue weighted by molar-refractivity contribution is -0.143. The van der Waals surface area contributed by atoms with Crippen LogP contribution >= 0.6 is 0 Å². The highest BCUT2D eigenvalue weighted by Crippen LogP contribution is 2.13. The summed E-state index contributed by atoms with van der Waals surface area (Å²) in [5, 5.41) is 11.5. The van der Waals surface area contributed by atoms with E-state index in [1.165, 1.54) is 7.11 Å². The number of rotatable bonds is 4. The Balaban J connectivity index is 2.87. The highest BCUT2D eigenvalue weighted by molar-refractivity contribution is 5.81. The van der Waals surface area contributed by atoms with E-state index in [4.69, 9.17) is 14.7 Å². The summed E-state index contributed by atoms with van der Waals surface area (Å²) < 4.78 is 9.89. The van der Waals surface area contributed by atoms with Crippen LogP contribution in [0.5, 0.6) is 0 Å². The molecule has 6 heteroatoms. The zero-order chi connectivity index (χ0) is 17.6. The summed E-state index contributed by atoms with van der Waals surface area (Å²) >= 11 is 0. The van der Waals surface area contributed by atoms with Crippen molar-refractivity contribution in [3.63, 3.8) is 0 Å². The molecular weight excluding hydrogens is 296 g/mol. The van der Waals surface area contributed by atoms with Gasteiger partial charge in [-0.3, -0.25) is 0 Å². The van der Waals surface area contributed by atoms with E-state index in [0.29, 0.717) is 5.56 Å². The number of ether oxygens (including phenoxy) is 2. The second kappa shape index (κ2) is 7.63. The number of hydrogen-bond donors (Lipinski definition) is 1. The summed E-state index contributed by atoms with van der Waals surface area (Å²) in [7, 11) is 1.26. The predicted octanol–water partition coefficient (Wildman–Crippen LogP) is 2.48. The summed E-state index contributed by atoms with van der Waals surface area (Å²) in [5.41, 5.74) is 1.54. The first-order valence-electron chi connectivity index (χ1n) is 7.23. The maximum absolute atomic E-state index is 11.9. The van der Waals surface area contributed by atoms with Crippen molar-refractivity contribution in [3.05, 3.63) is 34.9 Å². The van der Waals surface area contributed by atoms with Crippen molar-refractivity contribution in [1.82, 2.24) is 5.32 Å². The van der Waals surface area contributed by atoms with Crippen LogP contribution in [0, 0.1) is 18.3 Å². The monoisotopic (exact) mass is 318 g/mol. The molecule has 1 N–H and O–H groups in total. The molecule has 23 heavy (non-hydrogen) atoms. The van der Waals surface area contributed by atoms with Crippen LogP contribution < -0.4 is 5.32 Å². The Kier molecular flexibility index (Phi) is 6.14. The van der Waals surface area contributed by atoms with E-state index in [2.05, 4.69) is 11.4 Å². The fraction of sp³-hybridized carbons (Fsp3) is 0.471. The zero-order valence-corrected chi connectivity index (χ0v) is 14.1. The van der Waals surface area contributed by atoms with Crippen LogP contribution in [0.15, 0.2) is 18.2 Å². The van der Waals surface area contributed by atoms with Crippen molar-refractivity contribution in [1.29, 1.82) is 5.26 Å². The first-order chi connectivity index (χ1) is 10.7. The maximum atomic E-state index is 11.9. The Hall–Kier alpha value is -2.55. The van der Waals surface area contributed by atoms with Crippen molar-refractivity contribution in [3.8, 4) is 6.07 Å². The average molecular weight is 318 g/mol. The Bertz CT molecular complexity index is 626. The standard InChI is InChI=1S/C17H22N2O4/c1-11-8-12(6-7-13(11)10-18)9-14(15(20)22-5)19-16(21)23-17(2,3)4/h6-8,14H,9H2,1-5H3,(H,19,21)/t14-/m1/s1. The van der Waals surface area contributed by atoms with Gasteiger partial charge in [-0.1, -0.05) is 12.1 Å². The molecule has 1 rings (SSSR count). The van der Waals surface area contributed by atoms with Gasteiger partial charge in [0.15, 0.2) is 0 Å². The highest BCUT2D eigenvalue weighted by Gasteiger charge is 2.25. The molecule has 124 valence electrons. The molecule has 0 saturated heterocycles. The van der Waals surface area contributed by atoms with Crippen molar-refractivity contribution < 1.29 is 19.1 Å². The van der Waals surface area contributed by atoms with E-state index in [1.807, 2.05) is 13.0 Å². The van der Waals surface area contributed by atoms with Crippen molar-refractivity contribution in [2.45, 2.75) is 45.8 Å². The molecule has 0 radical (unpaired) electrons. The summed E-state index contributed by atoms with van der Waals surface area (Å²) in [4.78, 5) is 23.7. The van der Waals surface area contributed by atoms with Crippen LogP contribution in [0.2, 0.25) is 0 Å². The third kappa shape index (κ3) is 5.99. The third-order valence-corrected chi connectivity index (χ3v) is 3.03. The van der Waals surface area contributed by atoms with Gasteiger partial charge in [0, 0.05) is 6.42 Å². The van der Waals surface area contributed by atoms with Crippen molar-refractivity contribution in [2.75, 3.05) is 7.11 Å². The van der Waals surface area contributed by atoms with Crippen LogP contribution in [0.3, 0.4) is 0 Å². The van der Waals surface area contributed by atoms with Gasteiger partial charge in [0.2, 0.25) is 0 Å². The molecule has 0 aliphatic carbocycles. The first kappa shape index (κ1) is 18.5. The molecule has 1 aromatic carbocycles. The molecule has 6 nitrogen and oxygen atoms in total. The van der Waals surface area contributed by atoms with Gasteiger partial charge in [-0.2, -0.15) is 5.26 Å². The molecule has 0 aliphatic rings. The fourth-order valence-electron chi connectivity index (χ4n) is 2.00. The van der Waals surface area contributed by atoms with E-state index in [9.17, 15) is 9.59 Å². The number of methoxy groups -OCH3 is 1. The molecule has 0 saturated carbocycles. The lowest BCUT2D eigenvalue weighted by atomic mass is 10.0. The van der Waals surface area contributed by atoms with Gasteiger partial charge in [-0.25, -0.2) is 9.59 Å². The second-order valence-electron chi connectivity index (χ2n) is 6.19. The molecule has 0 aromatic heterocycles. The number of nitriles is 1. The quantitative estimate of drug-likeness (QED) is 0.862. The molecule has 1 aromatic rings. The molecule has 0 fully saturated rings. The summed E-state index contributed by atoms with van der Waals surface area (Å²) in [6, 6.07) is 6.47. The number of carbonyl (C=O) groups is 2. The summed E-state index contributed by atoms with van der Waals surface area (Å²) in [6.07, 6.45) is -0.434. The number of benzene rings is 1. The Labute approximate surface area is 136 Å². The first-order valence-corrected chi connectivity index (χ1v) is 7.23. The topological polar surface area (TPSA) is 88.4 Å². The van der Waals surface area contributed by atoms with E-state index >= 15 is 0 Å². The number of aryl methyl sites for hydroxylation is 1. The number of hydrogen-bond acceptors (Lipinski definition) is 5. The molecule has 0 heterocycles. The van der Waals surface area contributed by atoms with Gasteiger partial charge < -0.3 is 14.8 Å². The lowest BCUT2D eigenvalue weighted by Crippen LogP contribution is -2.45. The average Bonchev–Trinajstić information content (AvgIpc) is 2.44. The highest BCUT2D eigenvalue weighted by atomic mass is 16.6. The number of esters is 1. The minimum atomic E-state index is -0.859. The van der Waals surface area contributed by atoms with Gasteiger partial charge in [0.25, 0.3) is 0 Å². The Morgan fingerprint density at radius 1 is 1.35 bits per heavy atom. The van der Waals surface area contributed by atoms with Gasteiger partial charge in [0.1, 0.15) is 11.6 Å². The van der Waals surface area contributed by atoms with Crippen molar-refractivity contribution >= 4 is 12.1 Å².